The molecule has 2 heterocycles. The highest BCUT2D eigenvalue weighted by Gasteiger charge is 2.25. The van der Waals surface area contributed by atoms with Gasteiger partial charge < -0.3 is 14.2 Å². The van der Waals surface area contributed by atoms with E-state index in [2.05, 4.69) is 10.1 Å². The van der Waals surface area contributed by atoms with E-state index in [9.17, 15) is 9.18 Å². The van der Waals surface area contributed by atoms with Gasteiger partial charge in [0.15, 0.2) is 5.82 Å². The summed E-state index contributed by atoms with van der Waals surface area (Å²) in [5.74, 6) is 0.459. The van der Waals surface area contributed by atoms with Crippen LogP contribution in [0.4, 0.5) is 4.39 Å². The molecule has 1 aliphatic rings. The summed E-state index contributed by atoms with van der Waals surface area (Å²) in [5, 5.41) is 3.71. The molecule has 0 aliphatic carbocycles. The maximum Gasteiger partial charge on any atom is 0.254 e. The number of piperidine rings is 1. The highest BCUT2D eigenvalue weighted by atomic mass is 19.1. The van der Waals surface area contributed by atoms with Gasteiger partial charge >= 0.3 is 0 Å². The Labute approximate surface area is 139 Å². The summed E-state index contributed by atoms with van der Waals surface area (Å²) in [4.78, 5) is 18.3. The predicted octanol–water partition coefficient (Wildman–Crippen LogP) is 2.65. The Balaban J connectivity index is 1.60. The molecule has 24 heavy (non-hydrogen) atoms. The van der Waals surface area contributed by atoms with Crippen LogP contribution >= 0.6 is 0 Å². The summed E-state index contributed by atoms with van der Waals surface area (Å²) in [5.41, 5.74) is 0.896. The van der Waals surface area contributed by atoms with Gasteiger partial charge in [0.05, 0.1) is 6.10 Å². The number of amides is 1. The first-order valence-electron chi connectivity index (χ1n) is 7.99. The number of carbonyl (C=O) groups excluding carboxylic acids is 1. The summed E-state index contributed by atoms with van der Waals surface area (Å²) < 4.78 is 24.5. The second-order valence-corrected chi connectivity index (χ2v) is 6.03. The molecular formula is C17H20FN3O3. The number of rotatable bonds is 4. The predicted molar refractivity (Wildman–Crippen MR) is 83.9 cm³/mol. The summed E-state index contributed by atoms with van der Waals surface area (Å²) in [6, 6.07) is 4.58. The molecule has 2 aromatic rings. The number of nitrogens with zero attached hydrogens (tertiary/aromatic N) is 3. The fourth-order valence-corrected chi connectivity index (χ4v) is 2.75. The minimum atomic E-state index is -0.363. The van der Waals surface area contributed by atoms with E-state index in [4.69, 9.17) is 9.26 Å². The summed E-state index contributed by atoms with van der Waals surface area (Å²) in [6.07, 6.45) is 1.61. The average molecular weight is 333 g/mol. The number of benzene rings is 1. The lowest BCUT2D eigenvalue weighted by Crippen LogP contribution is -2.43. The maximum absolute atomic E-state index is 13.7. The summed E-state index contributed by atoms with van der Waals surface area (Å²) >= 11 is 0. The molecule has 6 nitrogen and oxygen atoms in total. The Bertz CT molecular complexity index is 732. The lowest BCUT2D eigenvalue weighted by Gasteiger charge is -2.32. The Kier molecular flexibility index (Phi) is 4.89. The molecule has 1 aliphatic heterocycles. The van der Waals surface area contributed by atoms with Gasteiger partial charge in [-0.25, -0.2) is 4.39 Å². The maximum atomic E-state index is 13.7. The van der Waals surface area contributed by atoms with Crippen LogP contribution in [0.25, 0.3) is 0 Å². The van der Waals surface area contributed by atoms with E-state index < -0.39 is 0 Å². The molecule has 0 spiro atoms. The van der Waals surface area contributed by atoms with Crippen molar-refractivity contribution < 1.29 is 18.4 Å². The number of halogens is 1. The molecule has 1 amide bonds. The monoisotopic (exact) mass is 333 g/mol. The fourth-order valence-electron chi connectivity index (χ4n) is 2.75. The van der Waals surface area contributed by atoms with Crippen LogP contribution in [-0.4, -0.2) is 40.1 Å². The van der Waals surface area contributed by atoms with E-state index in [1.165, 1.54) is 6.07 Å². The highest BCUT2D eigenvalue weighted by molar-refractivity contribution is 5.94. The fraction of sp³-hybridized carbons (Fsp3) is 0.471. The van der Waals surface area contributed by atoms with E-state index >= 15 is 0 Å². The van der Waals surface area contributed by atoms with Crippen molar-refractivity contribution in [2.45, 2.75) is 39.4 Å². The molecule has 1 aromatic carbocycles. The lowest BCUT2D eigenvalue weighted by atomic mass is 10.1. The molecule has 3 rings (SSSR count). The van der Waals surface area contributed by atoms with Crippen LogP contribution in [0.1, 0.15) is 40.5 Å². The zero-order chi connectivity index (χ0) is 17.1. The summed E-state index contributed by atoms with van der Waals surface area (Å²) in [7, 11) is 0. The first kappa shape index (κ1) is 16.6. The van der Waals surface area contributed by atoms with Crippen molar-refractivity contribution in [1.82, 2.24) is 15.0 Å². The topological polar surface area (TPSA) is 68.5 Å². The van der Waals surface area contributed by atoms with E-state index in [0.717, 1.165) is 12.8 Å². The largest absolute Gasteiger partial charge is 0.367 e. The van der Waals surface area contributed by atoms with Gasteiger partial charge in [-0.05, 0) is 44.4 Å². The molecule has 1 saturated heterocycles. The second kappa shape index (κ2) is 7.09. The van der Waals surface area contributed by atoms with Gasteiger partial charge in [-0.2, -0.15) is 4.98 Å². The van der Waals surface area contributed by atoms with Gasteiger partial charge in [0.2, 0.25) is 0 Å². The third kappa shape index (κ3) is 3.79. The van der Waals surface area contributed by atoms with E-state index in [1.807, 2.05) is 0 Å². The van der Waals surface area contributed by atoms with Gasteiger partial charge in [0.1, 0.15) is 12.4 Å². The molecule has 1 unspecified atom stereocenters. The van der Waals surface area contributed by atoms with Crippen LogP contribution in [-0.2, 0) is 11.3 Å². The Morgan fingerprint density at radius 1 is 1.46 bits per heavy atom. The van der Waals surface area contributed by atoms with Crippen LogP contribution in [0.5, 0.6) is 0 Å². The second-order valence-electron chi connectivity index (χ2n) is 6.03. The van der Waals surface area contributed by atoms with Crippen molar-refractivity contribution in [2.24, 2.45) is 0 Å². The Hall–Kier alpha value is -2.28. The Morgan fingerprint density at radius 2 is 2.29 bits per heavy atom. The van der Waals surface area contributed by atoms with Crippen molar-refractivity contribution in [2.75, 3.05) is 13.1 Å². The molecule has 7 heteroatoms. The first-order chi connectivity index (χ1) is 11.5. The normalized spacial score (nSPS) is 18.0. The quantitative estimate of drug-likeness (QED) is 0.860. The molecular weight excluding hydrogens is 313 g/mol. The smallest absolute Gasteiger partial charge is 0.254 e. The molecule has 1 atom stereocenters. The number of hydrogen-bond acceptors (Lipinski definition) is 5. The van der Waals surface area contributed by atoms with Gasteiger partial charge in [-0.3, -0.25) is 4.79 Å². The van der Waals surface area contributed by atoms with Crippen molar-refractivity contribution in [1.29, 1.82) is 0 Å². The first-order valence-corrected chi connectivity index (χ1v) is 7.99. The van der Waals surface area contributed by atoms with E-state index in [1.54, 1.807) is 30.9 Å². The molecule has 1 fully saturated rings. The van der Waals surface area contributed by atoms with Crippen molar-refractivity contribution >= 4 is 5.91 Å². The number of aromatic nitrogens is 2. The van der Waals surface area contributed by atoms with Gasteiger partial charge in [-0.15, -0.1) is 0 Å². The highest BCUT2D eigenvalue weighted by Crippen LogP contribution is 2.18. The average Bonchev–Trinajstić information content (AvgIpc) is 3.00. The lowest BCUT2D eigenvalue weighted by molar-refractivity contribution is -0.0153. The molecule has 0 bridgehead atoms. The zero-order valence-electron chi connectivity index (χ0n) is 13.8. The minimum Gasteiger partial charge on any atom is -0.367 e. The SMILES string of the molecule is Cc1noc(COC2CCCN(C(=O)c3ccc(C)c(F)c3)C2)n1. The van der Waals surface area contributed by atoms with Crippen LogP contribution in [0.15, 0.2) is 22.7 Å². The van der Waals surface area contributed by atoms with Gasteiger partial charge in [0, 0.05) is 18.7 Å². The zero-order valence-corrected chi connectivity index (χ0v) is 13.8. The van der Waals surface area contributed by atoms with Crippen molar-refractivity contribution in [3.8, 4) is 0 Å². The number of ether oxygens (including phenoxy) is 1. The standard InChI is InChI=1S/C17H20FN3O3/c1-11-5-6-13(8-15(11)18)17(22)21-7-3-4-14(9-21)23-10-16-19-12(2)20-24-16/h5-6,8,14H,3-4,7,9-10H2,1-2H3. The van der Waals surface area contributed by atoms with Gasteiger partial charge in [0.25, 0.3) is 11.8 Å². The Morgan fingerprint density at radius 3 is 3.00 bits per heavy atom. The third-order valence-corrected chi connectivity index (χ3v) is 4.10. The van der Waals surface area contributed by atoms with E-state index in [-0.39, 0.29) is 24.4 Å². The van der Waals surface area contributed by atoms with Crippen LogP contribution in [0.3, 0.4) is 0 Å². The number of aryl methyl sites for hydroxylation is 2. The third-order valence-electron chi connectivity index (χ3n) is 4.10. The molecule has 0 saturated carbocycles. The minimum absolute atomic E-state index is 0.0924. The number of likely N-dealkylation sites (tertiary alicyclic amines) is 1. The van der Waals surface area contributed by atoms with E-state index in [0.29, 0.717) is 35.9 Å². The molecule has 0 radical (unpaired) electrons. The molecule has 128 valence electrons. The number of carbonyl (C=O) groups is 1. The molecule has 0 N–H and O–H groups in total. The van der Waals surface area contributed by atoms with Crippen LogP contribution in [0, 0.1) is 19.7 Å². The van der Waals surface area contributed by atoms with Crippen molar-refractivity contribution in [3.05, 3.63) is 46.9 Å². The van der Waals surface area contributed by atoms with Crippen molar-refractivity contribution in [3.63, 3.8) is 0 Å². The molecule has 1 aromatic heterocycles. The van der Waals surface area contributed by atoms with Crippen LogP contribution < -0.4 is 0 Å². The van der Waals surface area contributed by atoms with Gasteiger partial charge in [-0.1, -0.05) is 11.2 Å². The van der Waals surface area contributed by atoms with Crippen LogP contribution in [0.2, 0.25) is 0 Å². The number of hydrogen-bond donors (Lipinski definition) is 0. The summed E-state index contributed by atoms with van der Waals surface area (Å²) in [6.45, 7) is 4.77.